The van der Waals surface area contributed by atoms with Gasteiger partial charge in [-0.25, -0.2) is 4.98 Å². The summed E-state index contributed by atoms with van der Waals surface area (Å²) in [6, 6.07) is 3.95. The summed E-state index contributed by atoms with van der Waals surface area (Å²) in [6.45, 7) is 1.03. The maximum atomic E-state index is 10.7. The average Bonchev–Trinajstić information content (AvgIpc) is 3.09. The lowest BCUT2D eigenvalue weighted by Crippen LogP contribution is -2.35. The van der Waals surface area contributed by atoms with Gasteiger partial charge in [0.15, 0.2) is 0 Å². The first-order valence-corrected chi connectivity index (χ1v) is 7.13. The number of pyridine rings is 1. The molecule has 1 unspecified atom stereocenters. The largest absolute Gasteiger partial charge is 0.353 e. The van der Waals surface area contributed by atoms with Crippen LogP contribution in [0.1, 0.15) is 38.5 Å². The second-order valence-corrected chi connectivity index (χ2v) is 5.58. The van der Waals surface area contributed by atoms with Crippen LogP contribution in [-0.2, 0) is 0 Å². The van der Waals surface area contributed by atoms with Crippen molar-refractivity contribution in [2.24, 2.45) is 5.92 Å². The monoisotopic (exact) mass is 261 g/mol. The molecule has 102 valence electrons. The Morgan fingerprint density at radius 1 is 1.21 bits per heavy atom. The van der Waals surface area contributed by atoms with E-state index in [2.05, 4.69) is 9.88 Å². The molecule has 5 nitrogen and oxygen atoms in total. The molecule has 1 atom stereocenters. The normalized spacial score (nSPS) is 24.0. The molecule has 5 heteroatoms. The molecule has 2 aliphatic rings. The van der Waals surface area contributed by atoms with Crippen LogP contribution in [0, 0.1) is 16.0 Å². The number of hydrogen-bond donors (Lipinski definition) is 0. The van der Waals surface area contributed by atoms with Crippen molar-refractivity contribution in [1.82, 2.24) is 4.98 Å². The molecule has 1 aliphatic heterocycles. The number of anilines is 1. The molecular formula is C14H19N3O2. The zero-order valence-corrected chi connectivity index (χ0v) is 11.0. The average molecular weight is 261 g/mol. The SMILES string of the molecule is O=[N+]([O-])c1ccc(N2CCCC2C2CCCC2)nc1. The van der Waals surface area contributed by atoms with Crippen molar-refractivity contribution in [3.05, 3.63) is 28.4 Å². The minimum atomic E-state index is -0.394. The first-order chi connectivity index (χ1) is 9.25. The molecule has 1 aromatic rings. The Morgan fingerprint density at radius 2 is 2.00 bits per heavy atom. The van der Waals surface area contributed by atoms with Gasteiger partial charge >= 0.3 is 0 Å². The van der Waals surface area contributed by atoms with E-state index >= 15 is 0 Å². The van der Waals surface area contributed by atoms with Crippen LogP contribution >= 0.6 is 0 Å². The standard InChI is InChI=1S/C14H19N3O2/c18-17(19)12-7-8-14(15-10-12)16-9-3-6-13(16)11-4-1-2-5-11/h7-8,10-11,13H,1-6,9H2. The van der Waals surface area contributed by atoms with Crippen LogP contribution in [-0.4, -0.2) is 22.5 Å². The van der Waals surface area contributed by atoms with Crippen LogP contribution in [0.15, 0.2) is 18.3 Å². The predicted molar refractivity (Wildman–Crippen MR) is 73.2 cm³/mol. The van der Waals surface area contributed by atoms with Gasteiger partial charge in [-0.1, -0.05) is 12.8 Å². The molecule has 0 amide bonds. The zero-order chi connectivity index (χ0) is 13.2. The smallest absolute Gasteiger partial charge is 0.287 e. The van der Waals surface area contributed by atoms with Crippen LogP contribution in [0.2, 0.25) is 0 Å². The summed E-state index contributed by atoms with van der Waals surface area (Å²) in [5.74, 6) is 1.69. The highest BCUT2D eigenvalue weighted by atomic mass is 16.6. The van der Waals surface area contributed by atoms with Gasteiger partial charge in [0.2, 0.25) is 0 Å². The van der Waals surface area contributed by atoms with Crippen molar-refractivity contribution in [1.29, 1.82) is 0 Å². The fourth-order valence-electron chi connectivity index (χ4n) is 3.57. The van der Waals surface area contributed by atoms with Crippen molar-refractivity contribution >= 4 is 11.5 Å². The second kappa shape index (κ2) is 5.15. The van der Waals surface area contributed by atoms with Crippen LogP contribution in [0.25, 0.3) is 0 Å². The molecule has 0 bridgehead atoms. The third-order valence-corrected chi connectivity index (χ3v) is 4.48. The highest BCUT2D eigenvalue weighted by Gasteiger charge is 2.33. The van der Waals surface area contributed by atoms with E-state index in [1.54, 1.807) is 12.1 Å². The van der Waals surface area contributed by atoms with Gasteiger partial charge in [0.05, 0.1) is 4.92 Å². The Labute approximate surface area is 112 Å². The number of aromatic nitrogens is 1. The van der Waals surface area contributed by atoms with Crippen LogP contribution in [0.4, 0.5) is 11.5 Å². The number of rotatable bonds is 3. The second-order valence-electron chi connectivity index (χ2n) is 5.58. The van der Waals surface area contributed by atoms with Crippen molar-refractivity contribution in [3.8, 4) is 0 Å². The Hall–Kier alpha value is -1.65. The predicted octanol–water partition coefficient (Wildman–Crippen LogP) is 3.15. The van der Waals surface area contributed by atoms with Gasteiger partial charge in [0.25, 0.3) is 5.69 Å². The maximum absolute atomic E-state index is 10.7. The summed E-state index contributed by atoms with van der Waals surface area (Å²) in [5, 5.41) is 10.7. The third kappa shape index (κ3) is 2.41. The Balaban J connectivity index is 1.78. The van der Waals surface area contributed by atoms with Gasteiger partial charge in [-0.15, -0.1) is 0 Å². The fourth-order valence-corrected chi connectivity index (χ4v) is 3.57. The first-order valence-electron chi connectivity index (χ1n) is 7.13. The van der Waals surface area contributed by atoms with Gasteiger partial charge in [-0.3, -0.25) is 10.1 Å². The molecule has 1 saturated heterocycles. The molecule has 2 fully saturated rings. The first kappa shape index (κ1) is 12.4. The van der Waals surface area contributed by atoms with Gasteiger partial charge in [-0.05, 0) is 37.7 Å². The van der Waals surface area contributed by atoms with E-state index in [1.165, 1.54) is 44.7 Å². The minimum Gasteiger partial charge on any atom is -0.353 e. The van der Waals surface area contributed by atoms with Crippen LogP contribution in [0.3, 0.4) is 0 Å². The van der Waals surface area contributed by atoms with E-state index in [9.17, 15) is 10.1 Å². The molecule has 1 aromatic heterocycles. The lowest BCUT2D eigenvalue weighted by molar-refractivity contribution is -0.385. The summed E-state index contributed by atoms with van der Waals surface area (Å²) in [6.07, 6.45) is 9.18. The Bertz CT molecular complexity index is 454. The van der Waals surface area contributed by atoms with Gasteiger partial charge in [0.1, 0.15) is 12.0 Å². The molecule has 0 radical (unpaired) electrons. The van der Waals surface area contributed by atoms with Gasteiger partial charge < -0.3 is 4.90 Å². The Morgan fingerprint density at radius 3 is 2.63 bits per heavy atom. The van der Waals surface area contributed by atoms with Crippen molar-refractivity contribution in [2.45, 2.75) is 44.6 Å². The van der Waals surface area contributed by atoms with E-state index in [4.69, 9.17) is 0 Å². The number of hydrogen-bond acceptors (Lipinski definition) is 4. The lowest BCUT2D eigenvalue weighted by Gasteiger charge is -2.30. The van der Waals surface area contributed by atoms with E-state index < -0.39 is 4.92 Å². The summed E-state index contributed by atoms with van der Waals surface area (Å²) in [5.41, 5.74) is 0.0698. The van der Waals surface area contributed by atoms with E-state index in [-0.39, 0.29) is 5.69 Å². The Kier molecular flexibility index (Phi) is 3.36. The van der Waals surface area contributed by atoms with Crippen LogP contribution < -0.4 is 4.90 Å². The topological polar surface area (TPSA) is 59.3 Å². The molecule has 1 saturated carbocycles. The minimum absolute atomic E-state index is 0.0698. The molecule has 2 heterocycles. The lowest BCUT2D eigenvalue weighted by atomic mass is 9.96. The molecule has 0 aromatic carbocycles. The van der Waals surface area contributed by atoms with Crippen LogP contribution in [0.5, 0.6) is 0 Å². The van der Waals surface area contributed by atoms with E-state index in [1.807, 2.05) is 0 Å². The summed E-state index contributed by atoms with van der Waals surface area (Å²) < 4.78 is 0. The number of nitrogens with zero attached hydrogens (tertiary/aromatic N) is 3. The quantitative estimate of drug-likeness (QED) is 0.619. The molecule has 3 rings (SSSR count). The zero-order valence-electron chi connectivity index (χ0n) is 11.0. The van der Waals surface area contributed by atoms with Crippen molar-refractivity contribution in [2.75, 3.05) is 11.4 Å². The highest BCUT2D eigenvalue weighted by Crippen LogP contribution is 2.37. The molecule has 0 N–H and O–H groups in total. The third-order valence-electron chi connectivity index (χ3n) is 4.48. The van der Waals surface area contributed by atoms with Crippen molar-refractivity contribution in [3.63, 3.8) is 0 Å². The van der Waals surface area contributed by atoms with E-state index in [0.29, 0.717) is 6.04 Å². The maximum Gasteiger partial charge on any atom is 0.287 e. The van der Waals surface area contributed by atoms with E-state index in [0.717, 1.165) is 18.3 Å². The van der Waals surface area contributed by atoms with Crippen molar-refractivity contribution < 1.29 is 4.92 Å². The fraction of sp³-hybridized carbons (Fsp3) is 0.643. The number of nitro groups is 1. The van der Waals surface area contributed by atoms with Gasteiger partial charge in [-0.2, -0.15) is 0 Å². The molecule has 1 aliphatic carbocycles. The molecule has 19 heavy (non-hydrogen) atoms. The summed E-state index contributed by atoms with van der Waals surface area (Å²) >= 11 is 0. The summed E-state index contributed by atoms with van der Waals surface area (Å²) in [4.78, 5) is 16.9. The molecule has 0 spiro atoms. The highest BCUT2D eigenvalue weighted by molar-refractivity contribution is 5.45. The van der Waals surface area contributed by atoms with Gasteiger partial charge in [0, 0.05) is 18.7 Å². The molecular weight excluding hydrogens is 242 g/mol. The summed E-state index contributed by atoms with van der Waals surface area (Å²) in [7, 11) is 0.